The van der Waals surface area contributed by atoms with Crippen molar-refractivity contribution in [1.82, 2.24) is 0 Å². The van der Waals surface area contributed by atoms with Crippen molar-refractivity contribution in [3.63, 3.8) is 0 Å². The number of benzene rings is 3. The Bertz CT molecular complexity index is 986. The molecule has 2 heteroatoms. The first-order valence-corrected chi connectivity index (χ1v) is 9.78. The van der Waals surface area contributed by atoms with Crippen molar-refractivity contribution >= 4 is 5.69 Å². The number of rotatable bonds is 4. The quantitative estimate of drug-likeness (QED) is 0.619. The molecule has 4 rings (SSSR count). The van der Waals surface area contributed by atoms with Crippen LogP contribution >= 0.6 is 0 Å². The second kappa shape index (κ2) is 7.21. The number of hydrogen-bond donors (Lipinski definition) is 2. The predicted molar refractivity (Wildman–Crippen MR) is 114 cm³/mol. The van der Waals surface area contributed by atoms with Crippen molar-refractivity contribution in [2.75, 3.05) is 11.9 Å². The number of fused-ring (bicyclic) bond motifs is 3. The first-order chi connectivity index (χ1) is 13.1. The van der Waals surface area contributed by atoms with Crippen LogP contribution in [-0.2, 0) is 13.0 Å². The third kappa shape index (κ3) is 3.04. The molecule has 3 aromatic carbocycles. The number of anilines is 1. The summed E-state index contributed by atoms with van der Waals surface area (Å²) in [5, 5.41) is 13.1. The highest BCUT2D eigenvalue weighted by Gasteiger charge is 2.25. The van der Waals surface area contributed by atoms with Crippen LogP contribution in [0.25, 0.3) is 22.3 Å². The van der Waals surface area contributed by atoms with Gasteiger partial charge in [0.25, 0.3) is 0 Å². The van der Waals surface area contributed by atoms with E-state index < -0.39 is 0 Å². The Morgan fingerprint density at radius 3 is 2.37 bits per heavy atom. The van der Waals surface area contributed by atoms with E-state index in [2.05, 4.69) is 74.6 Å². The molecule has 1 heterocycles. The third-order valence-electron chi connectivity index (χ3n) is 5.80. The number of aliphatic hydroxyl groups is 1. The zero-order valence-corrected chi connectivity index (χ0v) is 16.4. The SMILES string of the molecule is Cc1ccc(-c2c(C)c3c(c(C)c2CCCO)NCc2ccccc2-3)cc1. The molecule has 0 amide bonds. The van der Waals surface area contributed by atoms with Gasteiger partial charge in [-0.05, 0) is 72.6 Å². The Hall–Kier alpha value is -2.58. The van der Waals surface area contributed by atoms with Gasteiger partial charge in [0.05, 0.1) is 0 Å². The third-order valence-corrected chi connectivity index (χ3v) is 5.80. The molecule has 1 aliphatic rings. The summed E-state index contributed by atoms with van der Waals surface area (Å²) in [5.74, 6) is 0. The Morgan fingerprint density at radius 1 is 0.889 bits per heavy atom. The van der Waals surface area contributed by atoms with Crippen LogP contribution < -0.4 is 5.32 Å². The summed E-state index contributed by atoms with van der Waals surface area (Å²) < 4.78 is 0. The minimum Gasteiger partial charge on any atom is -0.396 e. The summed E-state index contributed by atoms with van der Waals surface area (Å²) in [6.45, 7) is 7.69. The van der Waals surface area contributed by atoms with Crippen LogP contribution in [0.3, 0.4) is 0 Å². The van der Waals surface area contributed by atoms with Gasteiger partial charge in [-0.15, -0.1) is 0 Å². The molecular formula is C25H27NO. The summed E-state index contributed by atoms with van der Waals surface area (Å²) in [5.41, 5.74) is 13.2. The Morgan fingerprint density at radius 2 is 1.63 bits per heavy atom. The molecule has 0 atom stereocenters. The van der Waals surface area contributed by atoms with Gasteiger partial charge in [0.1, 0.15) is 0 Å². The first kappa shape index (κ1) is 17.8. The molecule has 0 unspecified atom stereocenters. The van der Waals surface area contributed by atoms with E-state index in [9.17, 15) is 5.11 Å². The van der Waals surface area contributed by atoms with E-state index in [0.29, 0.717) is 0 Å². The minimum atomic E-state index is 0.221. The molecule has 3 aromatic rings. The van der Waals surface area contributed by atoms with E-state index in [4.69, 9.17) is 0 Å². The lowest BCUT2D eigenvalue weighted by Crippen LogP contribution is -2.14. The zero-order chi connectivity index (χ0) is 19.0. The van der Waals surface area contributed by atoms with Crippen LogP contribution in [0.4, 0.5) is 5.69 Å². The van der Waals surface area contributed by atoms with Crippen LogP contribution in [0, 0.1) is 20.8 Å². The molecule has 0 fully saturated rings. The van der Waals surface area contributed by atoms with Gasteiger partial charge in [-0.3, -0.25) is 0 Å². The van der Waals surface area contributed by atoms with Gasteiger partial charge >= 0.3 is 0 Å². The van der Waals surface area contributed by atoms with Gasteiger partial charge in [0.15, 0.2) is 0 Å². The van der Waals surface area contributed by atoms with Crippen molar-refractivity contribution < 1.29 is 5.11 Å². The molecule has 0 saturated heterocycles. The summed E-state index contributed by atoms with van der Waals surface area (Å²) >= 11 is 0. The van der Waals surface area contributed by atoms with Crippen molar-refractivity contribution in [2.24, 2.45) is 0 Å². The van der Waals surface area contributed by atoms with E-state index in [1.807, 2.05) is 0 Å². The highest BCUT2D eigenvalue weighted by atomic mass is 16.2. The number of aryl methyl sites for hydroxylation is 1. The summed E-state index contributed by atoms with van der Waals surface area (Å²) in [4.78, 5) is 0. The Balaban J connectivity index is 2.02. The van der Waals surface area contributed by atoms with Gasteiger partial charge in [-0.2, -0.15) is 0 Å². The van der Waals surface area contributed by atoms with E-state index >= 15 is 0 Å². The maximum atomic E-state index is 9.44. The zero-order valence-electron chi connectivity index (χ0n) is 16.4. The second-order valence-corrected chi connectivity index (χ2v) is 7.56. The summed E-state index contributed by atoms with van der Waals surface area (Å²) in [6.07, 6.45) is 1.68. The molecule has 0 spiro atoms. The van der Waals surface area contributed by atoms with Crippen molar-refractivity contribution in [3.05, 3.63) is 76.3 Å². The van der Waals surface area contributed by atoms with Crippen molar-refractivity contribution in [2.45, 2.75) is 40.2 Å². The highest BCUT2D eigenvalue weighted by Crippen LogP contribution is 2.46. The standard InChI is InChI=1S/C25H27NO/c1-16-10-12-19(13-11-16)23-18(3)24-22-8-5-4-7-20(22)15-26-25(24)17(2)21(23)9-6-14-27/h4-5,7-8,10-13,26-27H,6,9,14-15H2,1-3H3. The van der Waals surface area contributed by atoms with Gasteiger partial charge in [0, 0.05) is 24.4 Å². The maximum Gasteiger partial charge on any atom is 0.0458 e. The molecule has 0 aromatic heterocycles. The lowest BCUT2D eigenvalue weighted by atomic mass is 9.80. The fraction of sp³-hybridized carbons (Fsp3) is 0.280. The summed E-state index contributed by atoms with van der Waals surface area (Å²) in [6, 6.07) is 17.5. The van der Waals surface area contributed by atoms with Crippen LogP contribution in [-0.4, -0.2) is 11.7 Å². The molecule has 27 heavy (non-hydrogen) atoms. The van der Waals surface area contributed by atoms with Gasteiger partial charge in [0.2, 0.25) is 0 Å². The lowest BCUT2D eigenvalue weighted by molar-refractivity contribution is 0.288. The average Bonchev–Trinajstić information content (AvgIpc) is 2.69. The average molecular weight is 357 g/mol. The maximum absolute atomic E-state index is 9.44. The van der Waals surface area contributed by atoms with E-state index in [-0.39, 0.29) is 6.61 Å². The smallest absolute Gasteiger partial charge is 0.0458 e. The van der Waals surface area contributed by atoms with E-state index in [1.54, 1.807) is 0 Å². The molecular weight excluding hydrogens is 330 g/mol. The Labute approximate surface area is 161 Å². The summed E-state index contributed by atoms with van der Waals surface area (Å²) in [7, 11) is 0. The Kier molecular flexibility index (Phi) is 4.75. The largest absolute Gasteiger partial charge is 0.396 e. The van der Waals surface area contributed by atoms with Gasteiger partial charge in [-0.25, -0.2) is 0 Å². The topological polar surface area (TPSA) is 32.3 Å². The molecule has 0 aliphatic carbocycles. The number of nitrogens with one attached hydrogen (secondary N) is 1. The van der Waals surface area contributed by atoms with Gasteiger partial charge < -0.3 is 10.4 Å². The molecule has 2 nitrogen and oxygen atoms in total. The fourth-order valence-corrected chi connectivity index (χ4v) is 4.40. The minimum absolute atomic E-state index is 0.221. The van der Waals surface area contributed by atoms with E-state index in [0.717, 1.165) is 19.4 Å². The monoisotopic (exact) mass is 357 g/mol. The van der Waals surface area contributed by atoms with Crippen LogP contribution in [0.5, 0.6) is 0 Å². The van der Waals surface area contributed by atoms with Crippen molar-refractivity contribution in [1.29, 1.82) is 0 Å². The van der Waals surface area contributed by atoms with E-state index in [1.165, 1.54) is 55.8 Å². The van der Waals surface area contributed by atoms with Gasteiger partial charge in [-0.1, -0.05) is 54.1 Å². The molecule has 2 N–H and O–H groups in total. The first-order valence-electron chi connectivity index (χ1n) is 9.78. The fourth-order valence-electron chi connectivity index (χ4n) is 4.40. The van der Waals surface area contributed by atoms with Crippen LogP contribution in [0.1, 0.15) is 34.2 Å². The molecule has 138 valence electrons. The predicted octanol–water partition coefficient (Wildman–Crippen LogP) is 5.80. The lowest BCUT2D eigenvalue weighted by Gasteiger charge is -2.29. The highest BCUT2D eigenvalue weighted by molar-refractivity contribution is 5.93. The molecule has 0 bridgehead atoms. The molecule has 1 aliphatic heterocycles. The second-order valence-electron chi connectivity index (χ2n) is 7.56. The van der Waals surface area contributed by atoms with Crippen molar-refractivity contribution in [3.8, 4) is 22.3 Å². The van der Waals surface area contributed by atoms with Crippen LogP contribution in [0.15, 0.2) is 48.5 Å². The van der Waals surface area contributed by atoms with Crippen LogP contribution in [0.2, 0.25) is 0 Å². The molecule has 0 saturated carbocycles. The number of aliphatic hydroxyl groups excluding tert-OH is 1. The molecule has 0 radical (unpaired) electrons. The number of hydrogen-bond acceptors (Lipinski definition) is 2. The normalized spacial score (nSPS) is 12.3.